The van der Waals surface area contributed by atoms with Crippen LogP contribution in [0.15, 0.2) is 4.99 Å². The largest absolute Gasteiger partial charge is 0.436 e. The summed E-state index contributed by atoms with van der Waals surface area (Å²) in [5, 5.41) is 1.75. The van der Waals surface area contributed by atoms with Gasteiger partial charge in [-0.2, -0.15) is 0 Å². The molecule has 8 heteroatoms. The van der Waals surface area contributed by atoms with Gasteiger partial charge in [0.05, 0.1) is 45.6 Å². The number of carbonyl (C=O) groups is 1. The van der Waals surface area contributed by atoms with Gasteiger partial charge in [-0.1, -0.05) is 38.5 Å². The zero-order valence-corrected chi connectivity index (χ0v) is 18.3. The summed E-state index contributed by atoms with van der Waals surface area (Å²) in [6, 6.07) is 0.469. The average Bonchev–Trinajstić information content (AvgIpc) is 2.81. The lowest BCUT2D eigenvalue weighted by Crippen LogP contribution is -2.56. The van der Waals surface area contributed by atoms with Gasteiger partial charge in [-0.3, -0.25) is 0 Å². The van der Waals surface area contributed by atoms with Crippen molar-refractivity contribution in [2.75, 3.05) is 52.6 Å². The molecule has 2 saturated carbocycles. The van der Waals surface area contributed by atoms with Gasteiger partial charge in [0.1, 0.15) is 0 Å². The van der Waals surface area contributed by atoms with Crippen LogP contribution in [0.2, 0.25) is 0 Å². The molecule has 8 nitrogen and oxygen atoms in total. The highest BCUT2D eigenvalue weighted by molar-refractivity contribution is 5.94. The van der Waals surface area contributed by atoms with Crippen LogP contribution in [0, 0.1) is 0 Å². The molecule has 2 aliphatic heterocycles. The van der Waals surface area contributed by atoms with E-state index in [9.17, 15) is 4.79 Å². The van der Waals surface area contributed by atoms with Crippen molar-refractivity contribution in [2.24, 2.45) is 4.99 Å². The molecule has 4 aliphatic rings. The molecule has 1 amide bonds. The van der Waals surface area contributed by atoms with Crippen molar-refractivity contribution >= 4 is 12.1 Å². The molecule has 2 heterocycles. The van der Waals surface area contributed by atoms with Crippen LogP contribution in [0.5, 0.6) is 0 Å². The highest BCUT2D eigenvalue weighted by Crippen LogP contribution is 2.27. The summed E-state index contributed by atoms with van der Waals surface area (Å²) in [6.45, 7) is 5.36. The predicted molar refractivity (Wildman–Crippen MR) is 114 cm³/mol. The lowest BCUT2D eigenvalue weighted by atomic mass is 9.94. The molecule has 0 aromatic rings. The molecule has 30 heavy (non-hydrogen) atoms. The fourth-order valence-electron chi connectivity index (χ4n) is 4.96. The van der Waals surface area contributed by atoms with E-state index in [-0.39, 0.29) is 12.1 Å². The molecule has 2 saturated heterocycles. The molecule has 4 rings (SSSR count). The number of aliphatic imine (C=N–C) groups is 1. The molecule has 2 aliphatic carbocycles. The SMILES string of the molecule is O=C(ON1CCOCC1)N(C(=NC1CCCCC1)N1CCOCC1)C1CCCCC1. The third-order valence-corrected chi connectivity index (χ3v) is 6.70. The maximum absolute atomic E-state index is 13.5. The molecular formula is C22H38N4O4. The third-order valence-electron chi connectivity index (χ3n) is 6.70. The number of hydrogen-bond acceptors (Lipinski definition) is 6. The molecule has 170 valence electrons. The maximum Gasteiger partial charge on any atom is 0.436 e. The van der Waals surface area contributed by atoms with Crippen molar-refractivity contribution in [3.63, 3.8) is 0 Å². The van der Waals surface area contributed by atoms with Gasteiger partial charge in [0.25, 0.3) is 0 Å². The number of rotatable bonds is 3. The fraction of sp³-hybridized carbons (Fsp3) is 0.909. The Bertz CT molecular complexity index is 563. The van der Waals surface area contributed by atoms with Crippen LogP contribution in [0.1, 0.15) is 64.2 Å². The minimum atomic E-state index is -0.273. The van der Waals surface area contributed by atoms with Gasteiger partial charge in [0, 0.05) is 19.1 Å². The van der Waals surface area contributed by atoms with E-state index in [4.69, 9.17) is 19.3 Å². The highest BCUT2D eigenvalue weighted by Gasteiger charge is 2.36. The molecule has 0 aromatic heterocycles. The van der Waals surface area contributed by atoms with Crippen molar-refractivity contribution in [1.29, 1.82) is 0 Å². The zero-order chi connectivity index (χ0) is 20.6. The third kappa shape index (κ3) is 5.86. The molecule has 0 spiro atoms. The van der Waals surface area contributed by atoms with Crippen LogP contribution >= 0.6 is 0 Å². The Morgan fingerprint density at radius 3 is 2.00 bits per heavy atom. The van der Waals surface area contributed by atoms with Crippen LogP contribution in [0.4, 0.5) is 4.79 Å². The van der Waals surface area contributed by atoms with Gasteiger partial charge in [0.15, 0.2) is 0 Å². The average molecular weight is 423 g/mol. The minimum absolute atomic E-state index is 0.164. The first kappa shape index (κ1) is 21.8. The van der Waals surface area contributed by atoms with Gasteiger partial charge in [0.2, 0.25) is 5.96 Å². The van der Waals surface area contributed by atoms with Crippen LogP contribution in [-0.2, 0) is 14.3 Å². The Labute approximate surface area is 180 Å². The van der Waals surface area contributed by atoms with Crippen molar-refractivity contribution in [3.8, 4) is 0 Å². The number of nitrogens with zero attached hydrogens (tertiary/aromatic N) is 4. The van der Waals surface area contributed by atoms with E-state index >= 15 is 0 Å². The molecule has 0 N–H and O–H groups in total. The summed E-state index contributed by atoms with van der Waals surface area (Å²) in [6.07, 6.45) is 11.3. The Balaban J connectivity index is 1.58. The highest BCUT2D eigenvalue weighted by atomic mass is 16.7. The maximum atomic E-state index is 13.5. The van der Waals surface area contributed by atoms with Gasteiger partial charge < -0.3 is 19.2 Å². The Morgan fingerprint density at radius 1 is 0.800 bits per heavy atom. The number of ether oxygens (including phenoxy) is 2. The van der Waals surface area contributed by atoms with Crippen molar-refractivity contribution in [3.05, 3.63) is 0 Å². The molecule has 4 fully saturated rings. The van der Waals surface area contributed by atoms with E-state index < -0.39 is 0 Å². The predicted octanol–water partition coefficient (Wildman–Crippen LogP) is 3.03. The summed E-state index contributed by atoms with van der Waals surface area (Å²) in [7, 11) is 0. The van der Waals surface area contributed by atoms with Gasteiger partial charge >= 0.3 is 6.09 Å². The van der Waals surface area contributed by atoms with E-state index in [2.05, 4.69) is 4.90 Å². The van der Waals surface area contributed by atoms with Gasteiger partial charge in [-0.15, -0.1) is 5.06 Å². The first-order chi connectivity index (χ1) is 14.8. The molecule has 0 radical (unpaired) electrons. The van der Waals surface area contributed by atoms with Gasteiger partial charge in [-0.25, -0.2) is 14.7 Å². The first-order valence-electron chi connectivity index (χ1n) is 12.1. The van der Waals surface area contributed by atoms with Crippen LogP contribution in [0.3, 0.4) is 0 Å². The summed E-state index contributed by atoms with van der Waals surface area (Å²) in [4.78, 5) is 28.8. The van der Waals surface area contributed by atoms with Crippen molar-refractivity contribution < 1.29 is 19.1 Å². The summed E-state index contributed by atoms with van der Waals surface area (Å²) >= 11 is 0. The molecule has 0 unspecified atom stereocenters. The van der Waals surface area contributed by atoms with Crippen molar-refractivity contribution in [1.82, 2.24) is 14.9 Å². The van der Waals surface area contributed by atoms with E-state index in [1.54, 1.807) is 5.06 Å². The number of amides is 1. The Morgan fingerprint density at radius 2 is 1.37 bits per heavy atom. The molecule has 0 bridgehead atoms. The number of hydrogen-bond donors (Lipinski definition) is 0. The summed E-state index contributed by atoms with van der Waals surface area (Å²) < 4.78 is 11.0. The topological polar surface area (TPSA) is 66.8 Å². The lowest BCUT2D eigenvalue weighted by molar-refractivity contribution is -0.153. The fourth-order valence-corrected chi connectivity index (χ4v) is 4.96. The van der Waals surface area contributed by atoms with E-state index in [0.29, 0.717) is 45.6 Å². The van der Waals surface area contributed by atoms with Crippen LogP contribution in [0.25, 0.3) is 0 Å². The molecule has 0 aromatic carbocycles. The number of carbonyl (C=O) groups excluding carboxylic acids is 1. The standard InChI is InChI=1S/C22H38N4O4/c27-22(30-25-13-17-29-18-14-25)26(20-9-5-2-6-10-20)21(24-11-15-28-16-12-24)23-19-7-3-1-4-8-19/h19-20H,1-18H2. The second kappa shape index (κ2) is 11.3. The smallest absolute Gasteiger partial charge is 0.379 e. The number of morpholine rings is 2. The monoisotopic (exact) mass is 422 g/mol. The first-order valence-corrected chi connectivity index (χ1v) is 12.1. The molecule has 0 atom stereocenters. The van der Waals surface area contributed by atoms with Crippen LogP contribution in [-0.4, -0.2) is 91.6 Å². The summed E-state index contributed by atoms with van der Waals surface area (Å²) in [5.41, 5.74) is 0. The van der Waals surface area contributed by atoms with E-state index in [1.807, 2.05) is 4.90 Å². The Hall–Kier alpha value is -1.38. The quantitative estimate of drug-likeness (QED) is 0.515. The van der Waals surface area contributed by atoms with E-state index in [0.717, 1.165) is 57.6 Å². The van der Waals surface area contributed by atoms with Gasteiger partial charge in [-0.05, 0) is 25.7 Å². The lowest BCUT2D eigenvalue weighted by Gasteiger charge is -2.41. The minimum Gasteiger partial charge on any atom is -0.379 e. The molecular weight excluding hydrogens is 384 g/mol. The number of hydroxylamine groups is 2. The van der Waals surface area contributed by atoms with E-state index in [1.165, 1.54) is 25.7 Å². The zero-order valence-electron chi connectivity index (χ0n) is 18.3. The van der Waals surface area contributed by atoms with Crippen molar-refractivity contribution in [2.45, 2.75) is 76.3 Å². The second-order valence-electron chi connectivity index (χ2n) is 8.88. The summed E-state index contributed by atoms with van der Waals surface area (Å²) in [5.74, 6) is 0.829. The normalized spacial score (nSPS) is 25.9. The second-order valence-corrected chi connectivity index (χ2v) is 8.88. The number of guanidine groups is 1. The van der Waals surface area contributed by atoms with Crippen LogP contribution < -0.4 is 0 Å². The Kier molecular flexibility index (Phi) is 8.22.